The van der Waals surface area contributed by atoms with Gasteiger partial charge in [-0.3, -0.25) is 14.5 Å². The van der Waals surface area contributed by atoms with Crippen LogP contribution in [0, 0.1) is 5.92 Å². The molecule has 5 nitrogen and oxygen atoms in total. The number of nitrogens with zero attached hydrogens (tertiary/aromatic N) is 3. The maximum Gasteiger partial charge on any atom is 0.227 e. The molecule has 3 aliphatic rings. The summed E-state index contributed by atoms with van der Waals surface area (Å²) in [5.41, 5.74) is 3.06. The van der Waals surface area contributed by atoms with Crippen LogP contribution in [0.5, 0.6) is 0 Å². The molecule has 1 aromatic carbocycles. The van der Waals surface area contributed by atoms with Crippen molar-refractivity contribution in [3.05, 3.63) is 41.6 Å². The molecule has 1 amide bonds. The van der Waals surface area contributed by atoms with E-state index in [2.05, 4.69) is 23.0 Å². The molecular formula is C21H27N3O2. The summed E-state index contributed by atoms with van der Waals surface area (Å²) in [5.74, 6) is 0.871. The smallest absolute Gasteiger partial charge is 0.227 e. The molecule has 5 heteroatoms. The first-order valence-corrected chi connectivity index (χ1v) is 9.67. The highest BCUT2D eigenvalue weighted by molar-refractivity contribution is 6.09. The van der Waals surface area contributed by atoms with Crippen LogP contribution in [0.15, 0.2) is 36.0 Å². The molecule has 0 spiro atoms. The summed E-state index contributed by atoms with van der Waals surface area (Å²) in [6.45, 7) is 5.19. The summed E-state index contributed by atoms with van der Waals surface area (Å²) >= 11 is 0. The largest absolute Gasteiger partial charge is 0.380 e. The number of benzene rings is 1. The molecule has 1 unspecified atom stereocenters. The van der Waals surface area contributed by atoms with Crippen LogP contribution in [0.25, 0.3) is 0 Å². The predicted molar refractivity (Wildman–Crippen MR) is 102 cm³/mol. The van der Waals surface area contributed by atoms with Crippen LogP contribution in [0.1, 0.15) is 36.0 Å². The summed E-state index contributed by atoms with van der Waals surface area (Å²) in [6.07, 6.45) is 4.99. The fraction of sp³-hybridized carbons (Fsp3) is 0.524. The van der Waals surface area contributed by atoms with Crippen LogP contribution in [0.2, 0.25) is 0 Å². The van der Waals surface area contributed by atoms with Gasteiger partial charge >= 0.3 is 0 Å². The van der Waals surface area contributed by atoms with Crippen LogP contribution in [0.3, 0.4) is 0 Å². The third-order valence-electron chi connectivity index (χ3n) is 5.77. The Bertz CT molecular complexity index is 743. The van der Waals surface area contributed by atoms with Gasteiger partial charge in [0.2, 0.25) is 5.91 Å². The average molecular weight is 353 g/mol. The lowest BCUT2D eigenvalue weighted by Crippen LogP contribution is -2.32. The second-order valence-corrected chi connectivity index (χ2v) is 7.77. The average Bonchev–Trinajstić information content (AvgIpc) is 3.12. The number of ketones is 1. The van der Waals surface area contributed by atoms with Gasteiger partial charge in [-0.15, -0.1) is 0 Å². The van der Waals surface area contributed by atoms with E-state index in [0.29, 0.717) is 30.9 Å². The van der Waals surface area contributed by atoms with E-state index < -0.39 is 0 Å². The molecule has 1 aromatic rings. The summed E-state index contributed by atoms with van der Waals surface area (Å²) < 4.78 is 0. The minimum atomic E-state index is 0.0761. The van der Waals surface area contributed by atoms with Gasteiger partial charge in [-0.25, -0.2) is 0 Å². The van der Waals surface area contributed by atoms with Crippen molar-refractivity contribution < 1.29 is 9.59 Å². The minimum Gasteiger partial charge on any atom is -0.380 e. The second-order valence-electron chi connectivity index (χ2n) is 7.77. The summed E-state index contributed by atoms with van der Waals surface area (Å²) in [7, 11) is 2.15. The summed E-state index contributed by atoms with van der Waals surface area (Å²) in [6, 6.07) is 7.53. The molecule has 1 saturated heterocycles. The lowest BCUT2D eigenvalue weighted by Gasteiger charge is -2.23. The van der Waals surface area contributed by atoms with Crippen LogP contribution >= 0.6 is 0 Å². The number of hydrogen-bond donors (Lipinski definition) is 0. The molecule has 0 radical (unpaired) electrons. The molecule has 3 heterocycles. The molecule has 3 aliphatic heterocycles. The quantitative estimate of drug-likeness (QED) is 0.763. The normalized spacial score (nSPS) is 23.1. The Kier molecular flexibility index (Phi) is 4.81. The van der Waals surface area contributed by atoms with Gasteiger partial charge in [-0.05, 0) is 43.3 Å². The second kappa shape index (κ2) is 7.23. The first-order valence-electron chi connectivity index (χ1n) is 9.67. The topological polar surface area (TPSA) is 43.9 Å². The zero-order valence-electron chi connectivity index (χ0n) is 15.5. The predicted octanol–water partition coefficient (Wildman–Crippen LogP) is 2.54. The van der Waals surface area contributed by atoms with Crippen molar-refractivity contribution in [2.24, 2.45) is 5.92 Å². The first-order chi connectivity index (χ1) is 12.6. The van der Waals surface area contributed by atoms with Gasteiger partial charge in [0.05, 0.1) is 5.69 Å². The van der Waals surface area contributed by atoms with E-state index >= 15 is 0 Å². The Labute approximate surface area is 155 Å². The Morgan fingerprint density at radius 3 is 2.69 bits per heavy atom. The number of anilines is 1. The number of unbranched alkanes of at least 4 members (excludes halogenated alkanes) is 1. The molecule has 0 saturated carbocycles. The Balaban J connectivity index is 1.32. The maximum absolute atomic E-state index is 12.5. The van der Waals surface area contributed by atoms with Gasteiger partial charge in [0, 0.05) is 57.5 Å². The SMILES string of the molecule is CN1C=C2CN(CCCCN3C(=O)CCC(=O)c4ccccc43)CC2C1. The lowest BCUT2D eigenvalue weighted by molar-refractivity contribution is -0.118. The third-order valence-corrected chi connectivity index (χ3v) is 5.77. The first kappa shape index (κ1) is 17.3. The van der Waals surface area contributed by atoms with Crippen LogP contribution in [-0.4, -0.2) is 61.3 Å². The zero-order valence-corrected chi connectivity index (χ0v) is 15.5. The third kappa shape index (κ3) is 3.40. The van der Waals surface area contributed by atoms with Crippen LogP contribution < -0.4 is 4.90 Å². The fourth-order valence-electron chi connectivity index (χ4n) is 4.48. The number of hydrogen-bond acceptors (Lipinski definition) is 4. The van der Waals surface area contributed by atoms with Crippen molar-refractivity contribution in [1.29, 1.82) is 0 Å². The van der Waals surface area contributed by atoms with E-state index in [-0.39, 0.29) is 11.7 Å². The van der Waals surface area contributed by atoms with Crippen LogP contribution in [0.4, 0.5) is 5.69 Å². The molecule has 0 aromatic heterocycles. The maximum atomic E-state index is 12.5. The number of carbonyl (C=O) groups is 2. The minimum absolute atomic E-state index is 0.0761. The van der Waals surface area contributed by atoms with E-state index in [1.165, 1.54) is 0 Å². The van der Waals surface area contributed by atoms with Crippen molar-refractivity contribution >= 4 is 17.4 Å². The van der Waals surface area contributed by atoms with Gasteiger partial charge < -0.3 is 9.80 Å². The number of rotatable bonds is 5. The van der Waals surface area contributed by atoms with Crippen molar-refractivity contribution in [1.82, 2.24) is 9.80 Å². The number of Topliss-reactive ketones (excluding diaryl/α,β-unsaturated/α-hetero) is 1. The lowest BCUT2D eigenvalue weighted by atomic mass is 10.1. The molecule has 0 N–H and O–H groups in total. The van der Waals surface area contributed by atoms with E-state index in [1.54, 1.807) is 5.57 Å². The monoisotopic (exact) mass is 353 g/mol. The Hall–Kier alpha value is -2.14. The fourth-order valence-corrected chi connectivity index (χ4v) is 4.48. The number of likely N-dealkylation sites (tertiary alicyclic amines) is 1. The van der Waals surface area contributed by atoms with Crippen molar-refractivity contribution in [3.63, 3.8) is 0 Å². The van der Waals surface area contributed by atoms with Gasteiger partial charge in [0.1, 0.15) is 0 Å². The Morgan fingerprint density at radius 1 is 1.04 bits per heavy atom. The van der Waals surface area contributed by atoms with E-state index in [4.69, 9.17) is 0 Å². The number of para-hydroxylation sites is 1. The Morgan fingerprint density at radius 2 is 1.85 bits per heavy atom. The zero-order chi connectivity index (χ0) is 18.1. The molecule has 0 bridgehead atoms. The highest BCUT2D eigenvalue weighted by Crippen LogP contribution is 2.29. The highest BCUT2D eigenvalue weighted by Gasteiger charge is 2.31. The van der Waals surface area contributed by atoms with Crippen molar-refractivity contribution in [2.45, 2.75) is 25.7 Å². The van der Waals surface area contributed by atoms with Crippen molar-refractivity contribution in [3.8, 4) is 0 Å². The summed E-state index contributed by atoms with van der Waals surface area (Å²) in [5, 5.41) is 0. The highest BCUT2D eigenvalue weighted by atomic mass is 16.2. The standard InChI is InChI=1S/C21H27N3O2/c1-22-12-16-14-23(15-17(16)13-22)10-4-5-11-24-19-7-3-2-6-18(19)20(25)8-9-21(24)26/h2-3,6-7,12,17H,4-5,8-11,13-15H2,1H3. The van der Waals surface area contributed by atoms with Gasteiger partial charge in [0.15, 0.2) is 5.78 Å². The summed E-state index contributed by atoms with van der Waals surface area (Å²) in [4.78, 5) is 31.4. The molecule has 4 rings (SSSR count). The van der Waals surface area contributed by atoms with Gasteiger partial charge in [-0.2, -0.15) is 0 Å². The van der Waals surface area contributed by atoms with Gasteiger partial charge in [-0.1, -0.05) is 12.1 Å². The van der Waals surface area contributed by atoms with Crippen LogP contribution in [-0.2, 0) is 4.79 Å². The molecule has 1 fully saturated rings. The number of fused-ring (bicyclic) bond motifs is 2. The molecule has 0 aliphatic carbocycles. The molecular weight excluding hydrogens is 326 g/mol. The van der Waals surface area contributed by atoms with E-state index in [0.717, 1.165) is 44.7 Å². The van der Waals surface area contributed by atoms with E-state index in [1.807, 2.05) is 29.2 Å². The van der Waals surface area contributed by atoms with Gasteiger partial charge in [0.25, 0.3) is 0 Å². The molecule has 138 valence electrons. The number of carbonyl (C=O) groups excluding carboxylic acids is 2. The molecule has 26 heavy (non-hydrogen) atoms. The van der Waals surface area contributed by atoms with E-state index in [9.17, 15) is 9.59 Å². The molecule has 1 atom stereocenters. The number of amides is 1. The van der Waals surface area contributed by atoms with Crippen molar-refractivity contribution in [2.75, 3.05) is 44.7 Å².